The summed E-state index contributed by atoms with van der Waals surface area (Å²) in [6.07, 6.45) is 6.10. The van der Waals surface area contributed by atoms with Crippen LogP contribution in [-0.2, 0) is 35.1 Å². The van der Waals surface area contributed by atoms with Crippen molar-refractivity contribution in [2.45, 2.75) is 134 Å². The monoisotopic (exact) mass is 779 g/mol. The van der Waals surface area contributed by atoms with Crippen LogP contribution in [0.3, 0.4) is 0 Å². The average molecular weight is 781 g/mol. The molecule has 12 nitrogen and oxygen atoms in total. The Labute approximate surface area is 324 Å². The lowest BCUT2D eigenvalue weighted by molar-refractivity contribution is -0.171. The van der Waals surface area contributed by atoms with Gasteiger partial charge in [0, 0.05) is 5.41 Å². The van der Waals surface area contributed by atoms with E-state index in [0.29, 0.717) is 19.4 Å². The number of ether oxygens (including phenoxy) is 1. The fourth-order valence-electron chi connectivity index (χ4n) is 4.34. The van der Waals surface area contributed by atoms with Crippen molar-refractivity contribution in [1.29, 1.82) is 0 Å². The maximum atomic E-state index is 12.1. The number of carbonyl (C=O) groups is 5. The number of carboxylic acids is 2. The van der Waals surface area contributed by atoms with Crippen molar-refractivity contribution in [1.82, 2.24) is 10.6 Å². The van der Waals surface area contributed by atoms with Crippen molar-refractivity contribution < 1.29 is 45.6 Å². The number of esters is 1. The van der Waals surface area contributed by atoms with Crippen molar-refractivity contribution in [3.05, 3.63) is 35.9 Å². The Bertz CT molecular complexity index is 1150. The van der Waals surface area contributed by atoms with E-state index in [9.17, 15) is 24.0 Å². The smallest absolute Gasteiger partial charge is 0.311 e. The van der Waals surface area contributed by atoms with Gasteiger partial charge >= 0.3 is 17.9 Å². The van der Waals surface area contributed by atoms with Gasteiger partial charge in [-0.1, -0.05) is 84.2 Å². The van der Waals surface area contributed by atoms with Crippen molar-refractivity contribution in [3.8, 4) is 0 Å². The van der Waals surface area contributed by atoms with Crippen molar-refractivity contribution in [2.75, 3.05) is 19.7 Å². The molecule has 1 atom stereocenters. The van der Waals surface area contributed by atoms with Gasteiger partial charge in [-0.25, -0.2) is 5.43 Å². The number of hydroxylamine groups is 1. The van der Waals surface area contributed by atoms with Crippen molar-refractivity contribution in [2.24, 2.45) is 27.4 Å². The number of halogens is 1. The van der Waals surface area contributed by atoms with E-state index in [0.717, 1.165) is 49.3 Å². The molecule has 6 N–H and O–H groups in total. The molecule has 1 unspecified atom stereocenters. The zero-order chi connectivity index (χ0) is 42.1. The topological polar surface area (TPSA) is 197 Å². The van der Waals surface area contributed by atoms with Gasteiger partial charge < -0.3 is 20.7 Å². The van der Waals surface area contributed by atoms with Crippen LogP contribution in [0.1, 0.15) is 127 Å². The molecule has 14 heteroatoms. The largest absolute Gasteiger partial charge is 0.481 e. The summed E-state index contributed by atoms with van der Waals surface area (Å²) in [5, 5.41) is 22.0. The first-order valence-corrected chi connectivity index (χ1v) is 18.6. The molecule has 0 aliphatic heterocycles. The van der Waals surface area contributed by atoms with Crippen molar-refractivity contribution >= 4 is 52.5 Å². The van der Waals surface area contributed by atoms with Gasteiger partial charge in [-0.2, -0.15) is 0 Å². The molecule has 0 spiro atoms. The molecule has 302 valence electrons. The van der Waals surface area contributed by atoms with E-state index in [-0.39, 0.29) is 34.9 Å². The first-order chi connectivity index (χ1) is 24.3. The Hall–Kier alpha value is -2.55. The predicted octanol–water partition coefficient (Wildman–Crippen LogP) is 7.54. The second-order valence-corrected chi connectivity index (χ2v) is 15.9. The minimum atomic E-state index is -0.784. The molecule has 0 saturated carbocycles. The summed E-state index contributed by atoms with van der Waals surface area (Å²) in [5.74, 6) is -1.78. The number of hydrazine groups is 1. The highest BCUT2D eigenvalue weighted by molar-refractivity contribution is 7.96. The number of nitrogens with one attached hydrogen (secondary N) is 1. The Morgan fingerprint density at radius 3 is 1.60 bits per heavy atom. The fourth-order valence-corrected chi connectivity index (χ4v) is 4.59. The van der Waals surface area contributed by atoms with Gasteiger partial charge in [0.25, 0.3) is 0 Å². The highest BCUT2D eigenvalue weighted by Gasteiger charge is 2.29. The third-order valence-electron chi connectivity index (χ3n) is 8.05. The quantitative estimate of drug-likeness (QED) is 0.0311. The van der Waals surface area contributed by atoms with Gasteiger partial charge in [0.15, 0.2) is 0 Å². The molecule has 0 bridgehead atoms. The molecular weight excluding hydrogens is 710 g/mol. The number of hydrogen-bond donors (Lipinski definition) is 6. The van der Waals surface area contributed by atoms with E-state index >= 15 is 0 Å². The van der Waals surface area contributed by atoms with Crippen LogP contribution in [0.2, 0.25) is 1.43 Å². The first-order valence-electron chi connectivity index (χ1n) is 18.2. The van der Waals surface area contributed by atoms with E-state index in [1.54, 1.807) is 27.7 Å². The normalized spacial score (nSPS) is 12.4. The highest BCUT2D eigenvalue weighted by Crippen LogP contribution is 2.25. The van der Waals surface area contributed by atoms with Crippen LogP contribution in [0.5, 0.6) is 0 Å². The van der Waals surface area contributed by atoms with Gasteiger partial charge in [-0.3, -0.25) is 29.2 Å². The van der Waals surface area contributed by atoms with Gasteiger partial charge in [-0.15, -0.1) is 17.8 Å². The first kappa shape index (κ1) is 51.6. The molecule has 0 aliphatic carbocycles. The van der Waals surface area contributed by atoms with Gasteiger partial charge in [0.2, 0.25) is 11.8 Å². The van der Waals surface area contributed by atoms with Crippen LogP contribution in [0.25, 0.3) is 0 Å². The van der Waals surface area contributed by atoms with Crippen LogP contribution in [0.15, 0.2) is 30.3 Å². The van der Waals surface area contributed by atoms with E-state index in [4.69, 9.17) is 33.7 Å². The number of benzene rings is 1. The maximum Gasteiger partial charge on any atom is 0.311 e. The molecule has 0 aromatic heterocycles. The molecule has 1 aromatic carbocycles. The van der Waals surface area contributed by atoms with E-state index in [1.807, 2.05) is 78.8 Å². The number of carbonyl (C=O) groups excluding carboxylic acids is 3. The van der Waals surface area contributed by atoms with E-state index in [1.165, 1.54) is 0 Å². The number of hydrogen-bond acceptors (Lipinski definition) is 10. The lowest BCUT2D eigenvalue weighted by Crippen LogP contribution is -2.48. The molecule has 0 fully saturated rings. The van der Waals surface area contributed by atoms with Crippen LogP contribution in [-0.4, -0.2) is 74.6 Å². The minimum Gasteiger partial charge on any atom is -0.481 e. The van der Waals surface area contributed by atoms with Crippen LogP contribution in [0.4, 0.5) is 0 Å². The standard InChI is InChI=1S/C18H28N2O4S.C7H13ClO.C7H14O2.C6H13NO2/c1-4-10-18(2,3)17(22)24-12-11-20(23)19-15(16(21)25)13-14-8-6-5-7-9-14;2*1-4-5-7(2,3)6(8)9;1-6(2,3-4-7)5(8)9/h5-9,15,19,23H,4,10-13H2,1-3H3,(H,21,25);4-5H2,1-3H3;4-5H2,1-3H3,(H,8,9);3-4,7H2,1-2H3,(H,8,9)/i23T;;;. The highest BCUT2D eigenvalue weighted by atomic mass is 35.5. The second kappa shape index (κ2) is 27.1. The fraction of sp³-hybridized carbons (Fsp3) is 0.711. The molecule has 1 aromatic rings. The third-order valence-corrected chi connectivity index (χ3v) is 8.87. The van der Waals surface area contributed by atoms with Gasteiger partial charge in [0.1, 0.15) is 6.61 Å². The van der Waals surface area contributed by atoms with Crippen LogP contribution >= 0.6 is 24.2 Å². The Morgan fingerprint density at radius 2 is 1.27 bits per heavy atom. The van der Waals surface area contributed by atoms with E-state index in [2.05, 4.69) is 23.3 Å². The molecule has 0 heterocycles. The molecule has 0 amide bonds. The van der Waals surface area contributed by atoms with Gasteiger partial charge in [-0.05, 0) is 97.4 Å². The summed E-state index contributed by atoms with van der Waals surface area (Å²) >= 11 is 9.20. The van der Waals surface area contributed by atoms with Gasteiger partial charge in [0.05, 0.1) is 28.8 Å². The number of thiol groups is 1. The molecule has 0 radical (unpaired) electrons. The number of nitrogens with zero attached hydrogens (tertiary/aromatic N) is 1. The summed E-state index contributed by atoms with van der Waals surface area (Å²) < 4.78 is 12.4. The zero-order valence-corrected chi connectivity index (χ0v) is 35.0. The number of nitrogens with two attached hydrogens (primary N) is 1. The Balaban J connectivity index is -0.000000754. The van der Waals surface area contributed by atoms with Crippen LogP contribution in [0, 0.1) is 21.7 Å². The third kappa shape index (κ3) is 25.4. The number of rotatable bonds is 21. The summed E-state index contributed by atoms with van der Waals surface area (Å²) in [7, 11) is 0. The summed E-state index contributed by atoms with van der Waals surface area (Å²) in [4.78, 5) is 55.2. The number of carboxylic acid groups (broad SMARTS) is 2. The zero-order valence-electron chi connectivity index (χ0n) is 34.3. The van der Waals surface area contributed by atoms with Crippen LogP contribution < -0.4 is 11.2 Å². The lowest BCUT2D eigenvalue weighted by atomic mass is 9.88. The number of aliphatic carboxylic acids is 2. The molecule has 1 rings (SSSR count). The average Bonchev–Trinajstić information content (AvgIpc) is 3.04. The predicted molar refractivity (Wildman–Crippen MR) is 210 cm³/mol. The van der Waals surface area contributed by atoms with E-state index < -0.39 is 34.2 Å². The summed E-state index contributed by atoms with van der Waals surface area (Å²) in [6, 6.07) is 8.78. The SMILES string of the molecule is CC(C)(CCN)C(=O)O.CCCC(C)(C)C(=O)Cl.CCCC(C)(C)C(=O)O.[3H]ON(CCOC(=O)C(C)(C)CCC)NC(Cc1ccccc1)C(=O)S. The molecule has 52 heavy (non-hydrogen) atoms. The van der Waals surface area contributed by atoms with Crippen molar-refractivity contribution in [3.63, 3.8) is 0 Å². The summed E-state index contributed by atoms with van der Waals surface area (Å²) in [5.41, 5.74) is 6.87. The molecular formula is C38H68ClN3O9S. The molecule has 0 aliphatic rings. The lowest BCUT2D eigenvalue weighted by Gasteiger charge is -2.24. The Morgan fingerprint density at radius 1 is 0.827 bits per heavy atom. The minimum absolute atomic E-state index is 0.0384. The second-order valence-electron chi connectivity index (χ2n) is 15.2. The Kier molecular flexibility index (Phi) is 26.9. The maximum absolute atomic E-state index is 12.1. The molecule has 0 saturated heterocycles. The summed E-state index contributed by atoms with van der Waals surface area (Å²) in [6.45, 7) is 20.9.